The smallest absolute Gasteiger partial charge is 0.216 e. The van der Waals surface area contributed by atoms with Gasteiger partial charge >= 0.3 is 0 Å². The maximum atomic E-state index is 6.15. The summed E-state index contributed by atoms with van der Waals surface area (Å²) in [5, 5.41) is 12.4. The van der Waals surface area contributed by atoms with Crippen LogP contribution in [0.1, 0.15) is 5.56 Å². The highest BCUT2D eigenvalue weighted by atomic mass is 79.9. The zero-order valence-corrected chi connectivity index (χ0v) is 15.4. The quantitative estimate of drug-likeness (QED) is 0.439. The lowest BCUT2D eigenvalue weighted by Gasteiger charge is -2.04. The summed E-state index contributed by atoms with van der Waals surface area (Å²) in [6, 6.07) is 13.0. The summed E-state index contributed by atoms with van der Waals surface area (Å²) < 4.78 is 2.78. The van der Waals surface area contributed by atoms with E-state index in [0.717, 1.165) is 10.0 Å². The molecule has 4 nitrogen and oxygen atoms in total. The Morgan fingerprint density at radius 2 is 1.83 bits per heavy atom. The summed E-state index contributed by atoms with van der Waals surface area (Å²) in [7, 11) is 0. The van der Waals surface area contributed by atoms with Gasteiger partial charge < -0.3 is 0 Å². The molecule has 23 heavy (non-hydrogen) atoms. The van der Waals surface area contributed by atoms with Crippen LogP contribution in [0.4, 0.5) is 0 Å². The van der Waals surface area contributed by atoms with E-state index in [9.17, 15) is 0 Å². The van der Waals surface area contributed by atoms with E-state index >= 15 is 0 Å². The van der Waals surface area contributed by atoms with E-state index in [-0.39, 0.29) is 0 Å². The van der Waals surface area contributed by atoms with Crippen molar-refractivity contribution >= 4 is 57.6 Å². The van der Waals surface area contributed by atoms with E-state index in [2.05, 4.69) is 31.2 Å². The molecule has 3 aromatic rings. The van der Waals surface area contributed by atoms with Crippen LogP contribution >= 0.6 is 51.3 Å². The molecule has 3 rings (SSSR count). The Kier molecular flexibility index (Phi) is 4.96. The highest BCUT2D eigenvalue weighted by molar-refractivity contribution is 9.10. The first kappa shape index (κ1) is 16.4. The van der Waals surface area contributed by atoms with Gasteiger partial charge in [0.05, 0.1) is 16.3 Å². The van der Waals surface area contributed by atoms with Gasteiger partial charge in [-0.3, -0.25) is 0 Å². The highest BCUT2D eigenvalue weighted by Gasteiger charge is 2.11. The summed E-state index contributed by atoms with van der Waals surface area (Å²) in [6.45, 7) is 0. The third-order valence-electron chi connectivity index (χ3n) is 3.07. The van der Waals surface area contributed by atoms with Crippen molar-refractivity contribution in [2.24, 2.45) is 5.10 Å². The van der Waals surface area contributed by atoms with Gasteiger partial charge in [-0.25, -0.2) is 5.10 Å². The molecule has 1 aromatic heterocycles. The number of nitrogens with zero attached hydrogens (tertiary/aromatic N) is 3. The maximum Gasteiger partial charge on any atom is 0.216 e. The Labute approximate surface area is 155 Å². The minimum Gasteiger partial charge on any atom is -0.250 e. The lowest BCUT2D eigenvalue weighted by atomic mass is 10.2. The van der Waals surface area contributed by atoms with Crippen LogP contribution in [0, 0.1) is 4.77 Å². The van der Waals surface area contributed by atoms with Crippen LogP contribution in [0.2, 0.25) is 10.0 Å². The van der Waals surface area contributed by atoms with Crippen LogP contribution in [0.15, 0.2) is 52.0 Å². The van der Waals surface area contributed by atoms with Crippen molar-refractivity contribution in [2.75, 3.05) is 0 Å². The molecule has 0 saturated heterocycles. The number of rotatable bonds is 3. The Balaban J connectivity index is 2.09. The van der Waals surface area contributed by atoms with Gasteiger partial charge in [-0.15, -0.1) is 0 Å². The van der Waals surface area contributed by atoms with Crippen molar-refractivity contribution in [1.29, 1.82) is 0 Å². The number of halogens is 3. The molecular formula is C15H9BrCl2N4S. The Hall–Kier alpha value is -1.47. The van der Waals surface area contributed by atoms with Crippen molar-refractivity contribution in [1.82, 2.24) is 14.9 Å². The maximum absolute atomic E-state index is 6.15. The van der Waals surface area contributed by atoms with Gasteiger partial charge in [0.15, 0.2) is 5.82 Å². The number of hydrogen-bond donors (Lipinski definition) is 1. The van der Waals surface area contributed by atoms with Gasteiger partial charge in [-0.2, -0.15) is 14.9 Å². The topological polar surface area (TPSA) is 46.0 Å². The first-order chi connectivity index (χ1) is 11.1. The lowest BCUT2D eigenvalue weighted by Crippen LogP contribution is -1.96. The second-order valence-corrected chi connectivity index (χ2v) is 6.58. The largest absolute Gasteiger partial charge is 0.250 e. The molecule has 0 unspecified atom stereocenters. The van der Waals surface area contributed by atoms with Crippen molar-refractivity contribution in [3.05, 3.63) is 67.3 Å². The first-order valence-corrected chi connectivity index (χ1v) is 8.44. The highest BCUT2D eigenvalue weighted by Crippen LogP contribution is 2.27. The monoisotopic (exact) mass is 426 g/mol. The fourth-order valence-electron chi connectivity index (χ4n) is 1.97. The van der Waals surface area contributed by atoms with Crippen LogP contribution < -0.4 is 0 Å². The molecule has 0 bridgehead atoms. The predicted molar refractivity (Wildman–Crippen MR) is 100 cm³/mol. The molecule has 2 aromatic carbocycles. The Morgan fingerprint density at radius 3 is 2.52 bits per heavy atom. The van der Waals surface area contributed by atoms with Crippen LogP contribution in [0.25, 0.3) is 11.4 Å². The number of aromatic amines is 1. The van der Waals surface area contributed by atoms with Gasteiger partial charge in [0.1, 0.15) is 0 Å². The van der Waals surface area contributed by atoms with E-state index in [1.165, 1.54) is 4.68 Å². The molecule has 0 aliphatic heterocycles. The normalized spacial score (nSPS) is 11.3. The van der Waals surface area contributed by atoms with E-state index in [0.29, 0.717) is 26.2 Å². The lowest BCUT2D eigenvalue weighted by molar-refractivity contribution is 0.871. The Morgan fingerprint density at radius 1 is 1.13 bits per heavy atom. The van der Waals surface area contributed by atoms with Gasteiger partial charge in [-0.1, -0.05) is 57.3 Å². The van der Waals surface area contributed by atoms with E-state index in [1.807, 2.05) is 24.3 Å². The molecule has 0 saturated carbocycles. The predicted octanol–water partition coefficient (Wildman–Crippen LogP) is 5.56. The molecule has 0 aliphatic rings. The molecule has 0 radical (unpaired) electrons. The Bertz CT molecular complexity index is 928. The number of aromatic nitrogens is 3. The summed E-state index contributed by atoms with van der Waals surface area (Å²) >= 11 is 21.0. The number of nitrogens with one attached hydrogen (secondary N) is 1. The fourth-order valence-corrected chi connectivity index (χ4v) is 3.10. The molecule has 8 heteroatoms. The van der Waals surface area contributed by atoms with Crippen LogP contribution in [-0.4, -0.2) is 21.1 Å². The standard InChI is InChI=1S/C15H9BrCl2N4S/c16-11-5-2-1-4-9(11)14-20-21-15(23)22(14)19-8-10-12(17)6-3-7-13(10)18/h1-8H,(H,21,23)/b19-8+. The van der Waals surface area contributed by atoms with Crippen molar-refractivity contribution in [3.63, 3.8) is 0 Å². The van der Waals surface area contributed by atoms with Gasteiger partial charge in [0.2, 0.25) is 4.77 Å². The molecule has 0 fully saturated rings. The SMILES string of the molecule is S=c1[nH]nc(-c2ccccc2Br)n1/N=C/c1c(Cl)cccc1Cl. The molecule has 0 spiro atoms. The second kappa shape index (κ2) is 6.97. The van der Waals surface area contributed by atoms with E-state index in [4.69, 9.17) is 35.4 Å². The average molecular weight is 428 g/mol. The van der Waals surface area contributed by atoms with E-state index < -0.39 is 0 Å². The van der Waals surface area contributed by atoms with Crippen LogP contribution in [-0.2, 0) is 0 Å². The van der Waals surface area contributed by atoms with Crippen molar-refractivity contribution in [2.45, 2.75) is 0 Å². The van der Waals surface area contributed by atoms with Gasteiger partial charge in [-0.05, 0) is 36.5 Å². The third-order valence-corrected chi connectivity index (χ3v) is 4.68. The first-order valence-electron chi connectivity index (χ1n) is 6.48. The summed E-state index contributed by atoms with van der Waals surface area (Å²) in [6.07, 6.45) is 1.57. The molecule has 0 aliphatic carbocycles. The van der Waals surface area contributed by atoms with Gasteiger partial charge in [0, 0.05) is 15.6 Å². The molecule has 1 N–H and O–H groups in total. The average Bonchev–Trinajstić information content (AvgIpc) is 2.88. The fraction of sp³-hybridized carbons (Fsp3) is 0. The zero-order chi connectivity index (χ0) is 16.4. The summed E-state index contributed by atoms with van der Waals surface area (Å²) in [5.74, 6) is 0.585. The van der Waals surface area contributed by atoms with Crippen LogP contribution in [0.5, 0.6) is 0 Å². The molecule has 116 valence electrons. The summed E-state index contributed by atoms with van der Waals surface area (Å²) in [5.41, 5.74) is 1.49. The third kappa shape index (κ3) is 3.40. The van der Waals surface area contributed by atoms with Crippen LogP contribution in [0.3, 0.4) is 0 Å². The molecular weight excluding hydrogens is 419 g/mol. The molecule has 0 amide bonds. The second-order valence-electron chi connectivity index (χ2n) is 4.52. The van der Waals surface area contributed by atoms with Crippen molar-refractivity contribution < 1.29 is 0 Å². The number of H-pyrrole nitrogens is 1. The van der Waals surface area contributed by atoms with Gasteiger partial charge in [0.25, 0.3) is 0 Å². The number of hydrogen-bond acceptors (Lipinski definition) is 3. The molecule has 0 atom stereocenters. The van der Waals surface area contributed by atoms with Crippen molar-refractivity contribution in [3.8, 4) is 11.4 Å². The number of benzene rings is 2. The minimum absolute atomic E-state index is 0.371. The molecule has 1 heterocycles. The van der Waals surface area contributed by atoms with E-state index in [1.54, 1.807) is 24.4 Å². The summed E-state index contributed by atoms with van der Waals surface area (Å²) in [4.78, 5) is 0. The minimum atomic E-state index is 0.371. The zero-order valence-electron chi connectivity index (χ0n) is 11.5.